The fourth-order valence-corrected chi connectivity index (χ4v) is 3.11. The Labute approximate surface area is 127 Å². The van der Waals surface area contributed by atoms with Gasteiger partial charge in [0.2, 0.25) is 0 Å². The van der Waals surface area contributed by atoms with Gasteiger partial charge in [-0.3, -0.25) is 0 Å². The predicted molar refractivity (Wildman–Crippen MR) is 86.9 cm³/mol. The highest BCUT2D eigenvalue weighted by Gasteiger charge is 2.25. The third-order valence-electron chi connectivity index (χ3n) is 4.45. The fourth-order valence-electron chi connectivity index (χ4n) is 3.11. The molecule has 0 radical (unpaired) electrons. The van der Waals surface area contributed by atoms with E-state index in [9.17, 15) is 0 Å². The Morgan fingerprint density at radius 3 is 2.57 bits per heavy atom. The molecule has 3 rings (SSSR count). The van der Waals surface area contributed by atoms with Crippen LogP contribution < -0.4 is 10.1 Å². The van der Waals surface area contributed by atoms with Crippen LogP contribution in [0.2, 0.25) is 0 Å². The Bertz CT molecular complexity index is 587. The summed E-state index contributed by atoms with van der Waals surface area (Å²) in [4.78, 5) is 0. The van der Waals surface area contributed by atoms with Crippen LogP contribution in [0.3, 0.4) is 0 Å². The summed E-state index contributed by atoms with van der Waals surface area (Å²) in [5.74, 6) is 1.52. The third-order valence-corrected chi connectivity index (χ3v) is 4.45. The first kappa shape index (κ1) is 14.2. The second-order valence-corrected chi connectivity index (χ2v) is 5.73. The molecule has 2 heteroatoms. The van der Waals surface area contributed by atoms with Crippen LogP contribution in [0.25, 0.3) is 0 Å². The minimum Gasteiger partial charge on any atom is -0.493 e. The zero-order chi connectivity index (χ0) is 14.7. The van der Waals surface area contributed by atoms with Gasteiger partial charge in [-0.15, -0.1) is 0 Å². The average Bonchev–Trinajstić information content (AvgIpc) is 2.51. The highest BCUT2D eigenvalue weighted by molar-refractivity contribution is 5.40. The van der Waals surface area contributed by atoms with Crippen molar-refractivity contribution in [3.63, 3.8) is 0 Å². The van der Waals surface area contributed by atoms with Crippen LogP contribution >= 0.6 is 0 Å². The standard InChI is InChI=1S/C19H23NO/c1-3-19(20-2)14-8-10-17(11-9-14)21-13-16-12-15-6-4-5-7-18(15)16/h4-11,16,19-20H,3,12-13H2,1-2H3. The van der Waals surface area contributed by atoms with Crippen molar-refractivity contribution >= 4 is 0 Å². The summed E-state index contributed by atoms with van der Waals surface area (Å²) < 4.78 is 5.95. The van der Waals surface area contributed by atoms with Crippen molar-refractivity contribution in [3.05, 3.63) is 65.2 Å². The van der Waals surface area contributed by atoms with Gasteiger partial charge in [0.15, 0.2) is 0 Å². The predicted octanol–water partition coefficient (Wildman–Crippen LogP) is 4.08. The topological polar surface area (TPSA) is 21.3 Å². The molecule has 0 saturated heterocycles. The molecule has 0 fully saturated rings. The summed E-state index contributed by atoms with van der Waals surface area (Å²) in [6, 6.07) is 17.6. The molecule has 2 nitrogen and oxygen atoms in total. The number of benzene rings is 2. The Kier molecular flexibility index (Phi) is 4.26. The van der Waals surface area contributed by atoms with Crippen molar-refractivity contribution in [2.75, 3.05) is 13.7 Å². The van der Waals surface area contributed by atoms with Gasteiger partial charge in [0.05, 0.1) is 6.61 Å². The van der Waals surface area contributed by atoms with E-state index >= 15 is 0 Å². The summed E-state index contributed by atoms with van der Waals surface area (Å²) in [6.07, 6.45) is 2.24. The monoisotopic (exact) mass is 281 g/mol. The smallest absolute Gasteiger partial charge is 0.119 e. The summed E-state index contributed by atoms with van der Waals surface area (Å²) in [5, 5.41) is 3.33. The van der Waals surface area contributed by atoms with Crippen LogP contribution in [0.4, 0.5) is 0 Å². The van der Waals surface area contributed by atoms with Gasteiger partial charge >= 0.3 is 0 Å². The minimum atomic E-state index is 0.428. The molecule has 0 spiro atoms. The molecule has 2 aromatic carbocycles. The zero-order valence-electron chi connectivity index (χ0n) is 12.8. The first-order valence-corrected chi connectivity index (χ1v) is 7.79. The van der Waals surface area contributed by atoms with E-state index in [4.69, 9.17) is 4.74 Å². The first-order valence-electron chi connectivity index (χ1n) is 7.79. The maximum Gasteiger partial charge on any atom is 0.119 e. The normalized spacial score (nSPS) is 17.7. The summed E-state index contributed by atoms with van der Waals surface area (Å²) in [5.41, 5.74) is 4.25. The molecule has 0 bridgehead atoms. The molecule has 1 N–H and O–H groups in total. The van der Waals surface area contributed by atoms with Crippen LogP contribution in [0, 0.1) is 0 Å². The number of hydrogen-bond acceptors (Lipinski definition) is 2. The molecule has 0 aliphatic heterocycles. The van der Waals surface area contributed by atoms with Crippen LogP contribution in [0.15, 0.2) is 48.5 Å². The van der Waals surface area contributed by atoms with Crippen LogP contribution in [0.1, 0.15) is 42.0 Å². The van der Waals surface area contributed by atoms with Crippen LogP contribution in [0.5, 0.6) is 5.75 Å². The molecule has 2 aromatic rings. The van der Waals surface area contributed by atoms with Gasteiger partial charge in [0.1, 0.15) is 5.75 Å². The molecule has 110 valence electrons. The van der Waals surface area contributed by atoms with Gasteiger partial charge in [-0.05, 0) is 48.7 Å². The van der Waals surface area contributed by atoms with Crippen molar-refractivity contribution in [3.8, 4) is 5.75 Å². The average molecular weight is 281 g/mol. The fraction of sp³-hybridized carbons (Fsp3) is 0.368. The van der Waals surface area contributed by atoms with Gasteiger partial charge in [-0.1, -0.05) is 43.3 Å². The highest BCUT2D eigenvalue weighted by atomic mass is 16.5. The molecular weight excluding hydrogens is 258 g/mol. The molecule has 21 heavy (non-hydrogen) atoms. The third kappa shape index (κ3) is 2.96. The molecule has 1 aliphatic rings. The van der Waals surface area contributed by atoms with Gasteiger partial charge in [0.25, 0.3) is 0 Å². The van der Waals surface area contributed by atoms with Crippen LogP contribution in [-0.4, -0.2) is 13.7 Å². The number of fused-ring (bicyclic) bond motifs is 1. The molecule has 1 aliphatic carbocycles. The Balaban J connectivity index is 1.57. The largest absolute Gasteiger partial charge is 0.493 e. The van der Waals surface area contributed by atoms with E-state index in [2.05, 4.69) is 60.8 Å². The van der Waals surface area contributed by atoms with Gasteiger partial charge in [-0.2, -0.15) is 0 Å². The van der Waals surface area contributed by atoms with E-state index in [1.54, 1.807) is 0 Å². The molecule has 0 heterocycles. The van der Waals surface area contributed by atoms with Gasteiger partial charge in [-0.25, -0.2) is 0 Å². The lowest BCUT2D eigenvalue weighted by molar-refractivity contribution is 0.275. The molecule has 2 atom stereocenters. The highest BCUT2D eigenvalue weighted by Crippen LogP contribution is 2.35. The number of hydrogen-bond donors (Lipinski definition) is 1. The van der Waals surface area contributed by atoms with Crippen molar-refractivity contribution in [2.45, 2.75) is 31.7 Å². The lowest BCUT2D eigenvalue weighted by Gasteiger charge is -2.29. The first-order chi connectivity index (χ1) is 10.3. The SMILES string of the molecule is CCC(NC)c1ccc(OCC2Cc3ccccc32)cc1. The summed E-state index contributed by atoms with van der Waals surface area (Å²) in [7, 11) is 2.01. The number of ether oxygens (including phenoxy) is 1. The van der Waals surface area contributed by atoms with Gasteiger partial charge < -0.3 is 10.1 Å². The lowest BCUT2D eigenvalue weighted by atomic mass is 9.78. The lowest BCUT2D eigenvalue weighted by Crippen LogP contribution is -2.23. The summed E-state index contributed by atoms with van der Waals surface area (Å²) >= 11 is 0. The van der Waals surface area contributed by atoms with E-state index in [-0.39, 0.29) is 0 Å². The van der Waals surface area contributed by atoms with Crippen molar-refractivity contribution in [2.24, 2.45) is 0 Å². The Morgan fingerprint density at radius 2 is 1.90 bits per heavy atom. The second kappa shape index (κ2) is 6.31. The Hall–Kier alpha value is -1.80. The van der Waals surface area contributed by atoms with Crippen molar-refractivity contribution < 1.29 is 4.74 Å². The molecular formula is C19H23NO. The van der Waals surface area contributed by atoms with E-state index in [0.717, 1.165) is 25.2 Å². The zero-order valence-corrected chi connectivity index (χ0v) is 12.8. The second-order valence-electron chi connectivity index (χ2n) is 5.73. The molecule has 2 unspecified atom stereocenters. The quantitative estimate of drug-likeness (QED) is 0.861. The van der Waals surface area contributed by atoms with Crippen molar-refractivity contribution in [1.82, 2.24) is 5.32 Å². The number of nitrogens with one attached hydrogen (secondary N) is 1. The molecule has 0 saturated carbocycles. The number of rotatable bonds is 6. The van der Waals surface area contributed by atoms with E-state index in [0.29, 0.717) is 12.0 Å². The van der Waals surface area contributed by atoms with Crippen molar-refractivity contribution in [1.29, 1.82) is 0 Å². The minimum absolute atomic E-state index is 0.428. The Morgan fingerprint density at radius 1 is 1.14 bits per heavy atom. The maximum atomic E-state index is 5.95. The van der Waals surface area contributed by atoms with E-state index in [1.807, 2.05) is 7.05 Å². The summed E-state index contributed by atoms with van der Waals surface area (Å²) in [6.45, 7) is 2.97. The molecule has 0 aromatic heterocycles. The molecule has 0 amide bonds. The van der Waals surface area contributed by atoms with Gasteiger partial charge in [0, 0.05) is 12.0 Å². The van der Waals surface area contributed by atoms with Crippen LogP contribution in [-0.2, 0) is 6.42 Å². The maximum absolute atomic E-state index is 5.95. The van der Waals surface area contributed by atoms with E-state index < -0.39 is 0 Å². The van der Waals surface area contributed by atoms with E-state index in [1.165, 1.54) is 16.7 Å².